The molecule has 146 valence electrons. The number of hydrogen-bond acceptors (Lipinski definition) is 3. The van der Waals surface area contributed by atoms with Crippen LogP contribution in [0.15, 0.2) is 54.2 Å². The molecule has 2 aromatic carbocycles. The predicted molar refractivity (Wildman–Crippen MR) is 115 cm³/mol. The molecule has 0 saturated carbocycles. The van der Waals surface area contributed by atoms with E-state index in [4.69, 9.17) is 23.2 Å². The lowest BCUT2D eigenvalue weighted by Gasteiger charge is -2.37. The molecule has 0 aromatic heterocycles. The van der Waals surface area contributed by atoms with Crippen molar-refractivity contribution in [3.05, 3.63) is 75.4 Å². The molecular formula is C22H23Cl2N3O. The minimum absolute atomic E-state index is 0.138. The van der Waals surface area contributed by atoms with Gasteiger partial charge < -0.3 is 15.1 Å². The number of nitrogens with one attached hydrogen (secondary N) is 1. The molecule has 0 bridgehead atoms. The van der Waals surface area contributed by atoms with Crippen LogP contribution in [-0.4, -0.2) is 43.5 Å². The highest BCUT2D eigenvalue weighted by atomic mass is 35.5. The van der Waals surface area contributed by atoms with E-state index in [0.717, 1.165) is 39.0 Å². The van der Waals surface area contributed by atoms with Gasteiger partial charge in [-0.05, 0) is 42.7 Å². The number of piperazine rings is 1. The van der Waals surface area contributed by atoms with Crippen LogP contribution < -0.4 is 10.2 Å². The summed E-state index contributed by atoms with van der Waals surface area (Å²) in [5.41, 5.74) is 4.48. The van der Waals surface area contributed by atoms with Crippen molar-refractivity contribution in [2.75, 3.05) is 37.6 Å². The quantitative estimate of drug-likeness (QED) is 0.786. The molecule has 0 atom stereocenters. The third-order valence-electron chi connectivity index (χ3n) is 5.37. The Kier molecular flexibility index (Phi) is 5.79. The third-order valence-corrected chi connectivity index (χ3v) is 6.11. The van der Waals surface area contributed by atoms with Gasteiger partial charge in [-0.3, -0.25) is 4.79 Å². The van der Waals surface area contributed by atoms with E-state index in [9.17, 15) is 4.79 Å². The Balaban J connectivity index is 1.39. The Morgan fingerprint density at radius 3 is 2.68 bits per heavy atom. The predicted octanol–water partition coefficient (Wildman–Crippen LogP) is 4.38. The normalized spacial score (nSPS) is 16.0. The lowest BCUT2D eigenvalue weighted by Crippen LogP contribution is -2.43. The monoisotopic (exact) mass is 415 g/mol. The van der Waals surface area contributed by atoms with E-state index in [1.54, 1.807) is 18.2 Å². The van der Waals surface area contributed by atoms with E-state index < -0.39 is 0 Å². The van der Waals surface area contributed by atoms with Gasteiger partial charge in [0.05, 0.1) is 16.6 Å². The summed E-state index contributed by atoms with van der Waals surface area (Å²) in [6.07, 6.45) is 4.29. The summed E-state index contributed by atoms with van der Waals surface area (Å²) in [7, 11) is 0. The zero-order chi connectivity index (χ0) is 19.5. The van der Waals surface area contributed by atoms with Crippen molar-refractivity contribution in [2.45, 2.75) is 12.8 Å². The summed E-state index contributed by atoms with van der Waals surface area (Å²) in [6, 6.07) is 13.4. The summed E-state index contributed by atoms with van der Waals surface area (Å²) >= 11 is 11.9. The summed E-state index contributed by atoms with van der Waals surface area (Å²) < 4.78 is 0. The number of anilines is 1. The van der Waals surface area contributed by atoms with Crippen LogP contribution >= 0.6 is 23.2 Å². The Bertz CT molecular complexity index is 912. The second kappa shape index (κ2) is 8.46. The lowest BCUT2D eigenvalue weighted by atomic mass is 10.1. The van der Waals surface area contributed by atoms with Gasteiger partial charge in [-0.15, -0.1) is 0 Å². The topological polar surface area (TPSA) is 35.6 Å². The molecule has 6 heteroatoms. The van der Waals surface area contributed by atoms with Crippen molar-refractivity contribution >= 4 is 34.8 Å². The number of hydrogen-bond donors (Lipinski definition) is 1. The number of halogens is 2. The fourth-order valence-corrected chi connectivity index (χ4v) is 4.18. The first-order valence-electron chi connectivity index (χ1n) is 9.62. The highest BCUT2D eigenvalue weighted by Gasteiger charge is 2.24. The van der Waals surface area contributed by atoms with Crippen molar-refractivity contribution in [2.24, 2.45) is 0 Å². The number of para-hydroxylation sites is 1. The highest BCUT2D eigenvalue weighted by molar-refractivity contribution is 6.42. The molecule has 0 unspecified atom stereocenters. The molecule has 4 nitrogen and oxygen atoms in total. The number of rotatable bonds is 5. The number of nitrogens with zero attached hydrogens (tertiary/aromatic N) is 2. The van der Waals surface area contributed by atoms with Crippen LogP contribution in [0.25, 0.3) is 0 Å². The van der Waals surface area contributed by atoms with E-state index in [1.165, 1.54) is 16.9 Å². The maximum absolute atomic E-state index is 12.4. The first-order chi connectivity index (χ1) is 13.6. The van der Waals surface area contributed by atoms with Crippen molar-refractivity contribution in [1.29, 1.82) is 0 Å². The van der Waals surface area contributed by atoms with Crippen LogP contribution in [0.4, 0.5) is 5.69 Å². The van der Waals surface area contributed by atoms with Crippen molar-refractivity contribution < 1.29 is 4.79 Å². The van der Waals surface area contributed by atoms with Gasteiger partial charge in [0.2, 0.25) is 0 Å². The minimum atomic E-state index is -0.138. The maximum Gasteiger partial charge on any atom is 0.251 e. The van der Waals surface area contributed by atoms with Gasteiger partial charge in [-0.1, -0.05) is 47.5 Å². The number of fused-ring (bicyclic) bond motifs is 1. The molecule has 1 fully saturated rings. The largest absolute Gasteiger partial charge is 0.372 e. The van der Waals surface area contributed by atoms with Crippen molar-refractivity contribution in [1.82, 2.24) is 10.2 Å². The van der Waals surface area contributed by atoms with Crippen LogP contribution in [0.3, 0.4) is 0 Å². The first kappa shape index (κ1) is 19.2. The van der Waals surface area contributed by atoms with E-state index in [0.29, 0.717) is 22.2 Å². The van der Waals surface area contributed by atoms with E-state index in [-0.39, 0.29) is 5.91 Å². The van der Waals surface area contributed by atoms with Crippen molar-refractivity contribution in [3.8, 4) is 0 Å². The molecule has 2 heterocycles. The van der Waals surface area contributed by atoms with Gasteiger partial charge in [0.1, 0.15) is 0 Å². The SMILES string of the molecule is O=C(NCCc1ccccc1N1CCN2CCC=C2C1)c1ccc(Cl)c(Cl)c1. The van der Waals surface area contributed by atoms with Crippen LogP contribution in [-0.2, 0) is 6.42 Å². The number of carbonyl (C=O) groups is 1. The molecule has 1 saturated heterocycles. The Morgan fingerprint density at radius 2 is 1.82 bits per heavy atom. The fraction of sp³-hybridized carbons (Fsp3) is 0.318. The molecule has 4 rings (SSSR count). The second-order valence-corrected chi connectivity index (χ2v) is 7.97. The lowest BCUT2D eigenvalue weighted by molar-refractivity contribution is 0.0954. The molecule has 2 aliphatic rings. The van der Waals surface area contributed by atoms with Gasteiger partial charge in [0.15, 0.2) is 0 Å². The Labute approximate surface area is 175 Å². The summed E-state index contributed by atoms with van der Waals surface area (Å²) in [5, 5.41) is 3.82. The molecule has 0 aliphatic carbocycles. The molecule has 0 spiro atoms. The molecule has 1 amide bonds. The average Bonchev–Trinajstić information content (AvgIpc) is 3.18. The maximum atomic E-state index is 12.4. The number of amides is 1. The van der Waals surface area contributed by atoms with Crippen LogP contribution in [0.2, 0.25) is 10.0 Å². The standard InChI is InChI=1S/C22H23Cl2N3O/c23-19-8-7-17(14-20(19)24)22(28)25-10-9-16-4-1-2-6-21(16)27-13-12-26-11-3-5-18(26)15-27/h1-2,4-8,14H,3,9-13,15H2,(H,25,28). The molecule has 28 heavy (non-hydrogen) atoms. The first-order valence-corrected chi connectivity index (χ1v) is 10.4. The zero-order valence-electron chi connectivity index (χ0n) is 15.6. The van der Waals surface area contributed by atoms with Gasteiger partial charge in [-0.25, -0.2) is 0 Å². The van der Waals surface area contributed by atoms with Crippen LogP contribution in [0.5, 0.6) is 0 Å². The Hall–Kier alpha value is -2.17. The van der Waals surface area contributed by atoms with Gasteiger partial charge in [0, 0.05) is 43.1 Å². The van der Waals surface area contributed by atoms with Crippen LogP contribution in [0, 0.1) is 0 Å². The number of carbonyl (C=O) groups excluding carboxylic acids is 1. The van der Waals surface area contributed by atoms with Crippen LogP contribution in [0.1, 0.15) is 22.3 Å². The summed E-state index contributed by atoms with van der Waals surface area (Å²) in [6.45, 7) is 4.80. The smallest absolute Gasteiger partial charge is 0.251 e. The molecule has 1 N–H and O–H groups in total. The third kappa shape index (κ3) is 4.13. The molecule has 0 radical (unpaired) electrons. The molecular weight excluding hydrogens is 393 g/mol. The van der Waals surface area contributed by atoms with E-state index in [1.807, 2.05) is 0 Å². The summed E-state index contributed by atoms with van der Waals surface area (Å²) in [4.78, 5) is 17.3. The highest BCUT2D eigenvalue weighted by Crippen LogP contribution is 2.27. The summed E-state index contributed by atoms with van der Waals surface area (Å²) in [5.74, 6) is -0.138. The molecule has 2 aromatic rings. The van der Waals surface area contributed by atoms with E-state index in [2.05, 4.69) is 45.5 Å². The Morgan fingerprint density at radius 1 is 1.00 bits per heavy atom. The van der Waals surface area contributed by atoms with Crippen molar-refractivity contribution in [3.63, 3.8) is 0 Å². The van der Waals surface area contributed by atoms with Gasteiger partial charge in [0.25, 0.3) is 5.91 Å². The second-order valence-electron chi connectivity index (χ2n) is 7.16. The minimum Gasteiger partial charge on any atom is -0.372 e. The van der Waals surface area contributed by atoms with Gasteiger partial charge >= 0.3 is 0 Å². The fourth-order valence-electron chi connectivity index (χ4n) is 3.88. The number of benzene rings is 2. The van der Waals surface area contributed by atoms with Gasteiger partial charge in [-0.2, -0.15) is 0 Å². The van der Waals surface area contributed by atoms with E-state index >= 15 is 0 Å². The average molecular weight is 416 g/mol. The zero-order valence-corrected chi connectivity index (χ0v) is 17.1. The molecule has 2 aliphatic heterocycles.